The Morgan fingerprint density at radius 1 is 0.912 bits per heavy atom. The summed E-state index contributed by atoms with van der Waals surface area (Å²) in [6.07, 6.45) is 2.01. The molecule has 8 nitrogen and oxygen atoms in total. The first-order chi connectivity index (χ1) is 16.5. The second-order valence-corrected chi connectivity index (χ2v) is 7.47. The summed E-state index contributed by atoms with van der Waals surface area (Å²) in [6, 6.07) is 24.0. The number of rotatable bonds is 9. The van der Waals surface area contributed by atoms with Crippen molar-refractivity contribution in [3.8, 4) is 5.75 Å². The summed E-state index contributed by atoms with van der Waals surface area (Å²) < 4.78 is 5.53. The molecular weight excluding hydrogens is 432 g/mol. The maximum absolute atomic E-state index is 12.1. The molecular formula is C26H26N4O4. The molecule has 34 heavy (non-hydrogen) atoms. The minimum Gasteiger partial charge on any atom is -0.484 e. The summed E-state index contributed by atoms with van der Waals surface area (Å²) in [6.45, 7) is 2.13. The molecule has 3 N–H and O–H groups in total. The molecule has 3 amide bonds. The number of amides is 3. The molecule has 0 aliphatic carbocycles. The largest absolute Gasteiger partial charge is 0.484 e. The number of benzene rings is 3. The first kappa shape index (κ1) is 24.2. The molecule has 3 aromatic carbocycles. The van der Waals surface area contributed by atoms with Crippen molar-refractivity contribution in [2.24, 2.45) is 5.10 Å². The second-order valence-electron chi connectivity index (χ2n) is 7.47. The van der Waals surface area contributed by atoms with Crippen LogP contribution in [0.5, 0.6) is 5.75 Å². The number of ether oxygens (including phenoxy) is 1. The summed E-state index contributed by atoms with van der Waals surface area (Å²) >= 11 is 0. The van der Waals surface area contributed by atoms with Crippen LogP contribution in [0.15, 0.2) is 84.0 Å². The molecule has 0 radical (unpaired) electrons. The quantitative estimate of drug-likeness (QED) is 0.260. The van der Waals surface area contributed by atoms with E-state index in [0.717, 1.165) is 11.1 Å². The van der Waals surface area contributed by atoms with Gasteiger partial charge in [-0.1, -0.05) is 54.6 Å². The van der Waals surface area contributed by atoms with Gasteiger partial charge in [-0.25, -0.2) is 5.43 Å². The van der Waals surface area contributed by atoms with Gasteiger partial charge in [-0.15, -0.1) is 0 Å². The topological polar surface area (TPSA) is 109 Å². The van der Waals surface area contributed by atoms with Gasteiger partial charge in [-0.2, -0.15) is 5.10 Å². The van der Waals surface area contributed by atoms with Crippen molar-refractivity contribution in [1.82, 2.24) is 10.7 Å². The third-order valence-electron chi connectivity index (χ3n) is 4.66. The molecule has 0 saturated heterocycles. The third kappa shape index (κ3) is 8.23. The Labute approximate surface area is 198 Å². The number of aryl methyl sites for hydroxylation is 1. The molecule has 3 rings (SSSR count). The molecule has 174 valence electrons. The van der Waals surface area contributed by atoms with Gasteiger partial charge in [0.1, 0.15) is 5.75 Å². The van der Waals surface area contributed by atoms with Gasteiger partial charge in [0.05, 0.1) is 6.21 Å². The van der Waals surface area contributed by atoms with Gasteiger partial charge in [0.25, 0.3) is 5.91 Å². The van der Waals surface area contributed by atoms with Gasteiger partial charge in [-0.3, -0.25) is 14.4 Å². The molecule has 0 unspecified atom stereocenters. The van der Waals surface area contributed by atoms with Gasteiger partial charge < -0.3 is 15.4 Å². The van der Waals surface area contributed by atoms with E-state index in [1.54, 1.807) is 30.3 Å². The Morgan fingerprint density at radius 3 is 2.50 bits per heavy atom. The van der Waals surface area contributed by atoms with E-state index in [0.29, 0.717) is 30.0 Å². The van der Waals surface area contributed by atoms with E-state index < -0.39 is 11.8 Å². The van der Waals surface area contributed by atoms with Crippen LogP contribution in [-0.2, 0) is 20.8 Å². The van der Waals surface area contributed by atoms with Crippen molar-refractivity contribution in [3.63, 3.8) is 0 Å². The van der Waals surface area contributed by atoms with Crippen LogP contribution < -0.4 is 20.8 Å². The zero-order valence-corrected chi connectivity index (χ0v) is 18.8. The van der Waals surface area contributed by atoms with Crippen LogP contribution in [0.3, 0.4) is 0 Å². The van der Waals surface area contributed by atoms with Crippen LogP contribution in [0.25, 0.3) is 0 Å². The van der Waals surface area contributed by atoms with E-state index >= 15 is 0 Å². The summed E-state index contributed by atoms with van der Waals surface area (Å²) in [7, 11) is 0. The summed E-state index contributed by atoms with van der Waals surface area (Å²) in [5, 5.41) is 9.14. The minimum atomic E-state index is -0.857. The Balaban J connectivity index is 1.41. The van der Waals surface area contributed by atoms with E-state index in [-0.39, 0.29) is 12.5 Å². The Bertz CT molecular complexity index is 1160. The number of nitrogens with one attached hydrogen (secondary N) is 3. The van der Waals surface area contributed by atoms with Crippen LogP contribution >= 0.6 is 0 Å². The molecule has 0 saturated carbocycles. The van der Waals surface area contributed by atoms with Crippen LogP contribution in [0.4, 0.5) is 5.69 Å². The number of carbonyl (C=O) groups is 3. The van der Waals surface area contributed by atoms with E-state index in [1.807, 2.05) is 55.5 Å². The fourth-order valence-electron chi connectivity index (χ4n) is 3.01. The average Bonchev–Trinajstić information content (AvgIpc) is 2.83. The van der Waals surface area contributed by atoms with Gasteiger partial charge in [0, 0.05) is 12.2 Å². The van der Waals surface area contributed by atoms with Crippen molar-refractivity contribution in [3.05, 3.63) is 95.6 Å². The molecule has 3 aromatic rings. The summed E-state index contributed by atoms with van der Waals surface area (Å²) in [4.78, 5) is 35.9. The van der Waals surface area contributed by atoms with Crippen LogP contribution in [-0.4, -0.2) is 37.1 Å². The summed E-state index contributed by atoms with van der Waals surface area (Å²) in [5.74, 6) is -1.43. The second kappa shape index (κ2) is 12.5. The molecule has 8 heteroatoms. The number of hydrazone groups is 1. The fourth-order valence-corrected chi connectivity index (χ4v) is 3.01. The standard InChI is InChI=1S/C26H26N4O4/c1-19-7-5-11-22(15-19)29-24(31)18-34-23-12-6-10-21(16-23)17-28-30-26(33)25(32)27-14-13-20-8-3-2-4-9-20/h2-12,15-17H,13-14,18H2,1H3,(H,27,32)(H,29,31)(H,30,33)/b28-17-. The molecule has 0 bridgehead atoms. The number of hydrogen-bond acceptors (Lipinski definition) is 5. The van der Waals surface area contributed by atoms with Crippen LogP contribution in [0, 0.1) is 6.92 Å². The highest BCUT2D eigenvalue weighted by Crippen LogP contribution is 2.13. The maximum atomic E-state index is 12.1. The lowest BCUT2D eigenvalue weighted by Gasteiger charge is -2.08. The normalized spacial score (nSPS) is 10.5. The smallest absolute Gasteiger partial charge is 0.329 e. The first-order valence-corrected chi connectivity index (χ1v) is 10.7. The molecule has 0 aliphatic heterocycles. The highest BCUT2D eigenvalue weighted by Gasteiger charge is 2.11. The van der Waals surface area contributed by atoms with Crippen LogP contribution in [0.2, 0.25) is 0 Å². The SMILES string of the molecule is Cc1cccc(NC(=O)COc2cccc(/C=N\NC(=O)C(=O)NCCc3ccccc3)c2)c1. The number of nitrogens with zero attached hydrogens (tertiary/aromatic N) is 1. The van der Waals surface area contributed by atoms with Crippen molar-refractivity contribution in [2.75, 3.05) is 18.5 Å². The van der Waals surface area contributed by atoms with Crippen molar-refractivity contribution < 1.29 is 19.1 Å². The van der Waals surface area contributed by atoms with E-state index in [9.17, 15) is 14.4 Å². The van der Waals surface area contributed by atoms with Crippen molar-refractivity contribution in [2.45, 2.75) is 13.3 Å². The van der Waals surface area contributed by atoms with Crippen LogP contribution in [0.1, 0.15) is 16.7 Å². The zero-order valence-electron chi connectivity index (χ0n) is 18.8. The van der Waals surface area contributed by atoms with Crippen molar-refractivity contribution in [1.29, 1.82) is 0 Å². The number of carbonyl (C=O) groups excluding carboxylic acids is 3. The number of hydrogen-bond donors (Lipinski definition) is 3. The molecule has 0 heterocycles. The Hall–Kier alpha value is -4.46. The molecule has 0 fully saturated rings. The van der Waals surface area contributed by atoms with Gasteiger partial charge >= 0.3 is 11.8 Å². The maximum Gasteiger partial charge on any atom is 0.329 e. The molecule has 0 spiro atoms. The highest BCUT2D eigenvalue weighted by molar-refractivity contribution is 6.35. The third-order valence-corrected chi connectivity index (χ3v) is 4.66. The summed E-state index contributed by atoms with van der Waals surface area (Å²) in [5.41, 5.74) is 5.63. The zero-order chi connectivity index (χ0) is 24.2. The van der Waals surface area contributed by atoms with E-state index in [4.69, 9.17) is 4.74 Å². The highest BCUT2D eigenvalue weighted by atomic mass is 16.5. The van der Waals surface area contributed by atoms with E-state index in [2.05, 4.69) is 21.2 Å². The van der Waals surface area contributed by atoms with E-state index in [1.165, 1.54) is 6.21 Å². The van der Waals surface area contributed by atoms with Gasteiger partial charge in [-0.05, 0) is 54.3 Å². The average molecular weight is 459 g/mol. The van der Waals surface area contributed by atoms with Crippen molar-refractivity contribution >= 4 is 29.6 Å². The predicted molar refractivity (Wildman–Crippen MR) is 131 cm³/mol. The Morgan fingerprint density at radius 2 is 1.71 bits per heavy atom. The monoisotopic (exact) mass is 458 g/mol. The van der Waals surface area contributed by atoms with Gasteiger partial charge in [0.15, 0.2) is 6.61 Å². The predicted octanol–water partition coefficient (Wildman–Crippen LogP) is 2.82. The minimum absolute atomic E-state index is 0.158. The first-order valence-electron chi connectivity index (χ1n) is 10.7. The lowest BCUT2D eigenvalue weighted by Crippen LogP contribution is -2.38. The lowest BCUT2D eigenvalue weighted by atomic mass is 10.1. The van der Waals surface area contributed by atoms with Gasteiger partial charge in [0.2, 0.25) is 0 Å². The molecule has 0 atom stereocenters. The molecule has 0 aromatic heterocycles. The fraction of sp³-hybridized carbons (Fsp3) is 0.154. The number of anilines is 1. The molecule has 0 aliphatic rings. The Kier molecular flexibility index (Phi) is 8.92. The lowest BCUT2D eigenvalue weighted by molar-refractivity contribution is -0.139.